The van der Waals surface area contributed by atoms with Gasteiger partial charge in [0.25, 0.3) is 0 Å². The van der Waals surface area contributed by atoms with Crippen LogP contribution in [0.4, 0.5) is 5.95 Å². The van der Waals surface area contributed by atoms with Crippen LogP contribution in [0, 0.1) is 0 Å². The normalized spacial score (nSPS) is 12.5. The fourth-order valence-electron chi connectivity index (χ4n) is 1.59. The number of unbranched alkanes of at least 4 members (excludes halogenated alkanes) is 1. The Kier molecular flexibility index (Phi) is 5.91. The maximum absolute atomic E-state index is 5.90. The Morgan fingerprint density at radius 3 is 2.47 bits per heavy atom. The fourth-order valence-corrected chi connectivity index (χ4v) is 1.59. The van der Waals surface area contributed by atoms with E-state index in [1.165, 1.54) is 12.8 Å². The van der Waals surface area contributed by atoms with Crippen LogP contribution in [0.2, 0.25) is 0 Å². The molecule has 0 bridgehead atoms. The summed E-state index contributed by atoms with van der Waals surface area (Å²) in [6.45, 7) is 5.28. The quantitative estimate of drug-likeness (QED) is 0.786. The molecule has 0 spiro atoms. The number of hydrogen-bond acceptors (Lipinski definition) is 4. The highest BCUT2D eigenvalue weighted by Gasteiger charge is 2.05. The topological polar surface area (TPSA) is 55.0 Å². The van der Waals surface area contributed by atoms with Crippen molar-refractivity contribution in [3.8, 4) is 0 Å². The van der Waals surface area contributed by atoms with Gasteiger partial charge in [-0.3, -0.25) is 0 Å². The minimum atomic E-state index is 0.210. The maximum atomic E-state index is 5.90. The molecule has 1 unspecified atom stereocenters. The van der Waals surface area contributed by atoms with Gasteiger partial charge in [-0.05, 0) is 24.8 Å². The molecular formula is C13H24N4. The summed E-state index contributed by atoms with van der Waals surface area (Å²) in [5, 5.41) is 0. The minimum absolute atomic E-state index is 0.210. The molecule has 0 aliphatic heterocycles. The van der Waals surface area contributed by atoms with Crippen LogP contribution in [0.5, 0.6) is 0 Å². The zero-order chi connectivity index (χ0) is 12.7. The van der Waals surface area contributed by atoms with Crippen LogP contribution in [-0.2, 0) is 6.42 Å². The van der Waals surface area contributed by atoms with Crippen molar-refractivity contribution >= 4 is 5.95 Å². The van der Waals surface area contributed by atoms with Crippen molar-refractivity contribution in [1.82, 2.24) is 9.97 Å². The first-order valence-corrected chi connectivity index (χ1v) is 6.45. The third-order valence-corrected chi connectivity index (χ3v) is 2.90. The predicted octanol–water partition coefficient (Wildman–Crippen LogP) is 1.99. The third kappa shape index (κ3) is 4.69. The van der Waals surface area contributed by atoms with E-state index < -0.39 is 0 Å². The van der Waals surface area contributed by atoms with E-state index in [-0.39, 0.29) is 6.04 Å². The van der Waals surface area contributed by atoms with Crippen molar-refractivity contribution in [3.05, 3.63) is 18.0 Å². The summed E-state index contributed by atoms with van der Waals surface area (Å²) in [6, 6.07) is 0.210. The van der Waals surface area contributed by atoms with Crippen molar-refractivity contribution in [2.24, 2.45) is 5.73 Å². The molecule has 0 radical (unpaired) electrons. The Morgan fingerprint density at radius 2 is 1.94 bits per heavy atom. The highest BCUT2D eigenvalue weighted by molar-refractivity contribution is 5.28. The van der Waals surface area contributed by atoms with E-state index in [0.717, 1.165) is 30.9 Å². The lowest BCUT2D eigenvalue weighted by Crippen LogP contribution is -2.23. The van der Waals surface area contributed by atoms with Gasteiger partial charge in [-0.15, -0.1) is 0 Å². The van der Waals surface area contributed by atoms with Crippen LogP contribution in [0.25, 0.3) is 0 Å². The van der Waals surface area contributed by atoms with Crippen molar-refractivity contribution in [3.63, 3.8) is 0 Å². The van der Waals surface area contributed by atoms with Crippen molar-refractivity contribution in [2.75, 3.05) is 18.5 Å². The second-order valence-electron chi connectivity index (χ2n) is 4.54. The van der Waals surface area contributed by atoms with Gasteiger partial charge < -0.3 is 10.6 Å². The van der Waals surface area contributed by atoms with Crippen molar-refractivity contribution in [2.45, 2.75) is 45.6 Å². The van der Waals surface area contributed by atoms with Crippen LogP contribution < -0.4 is 10.6 Å². The van der Waals surface area contributed by atoms with Crippen LogP contribution in [0.3, 0.4) is 0 Å². The lowest BCUT2D eigenvalue weighted by atomic mass is 10.1. The number of nitrogens with zero attached hydrogens (tertiary/aromatic N) is 3. The summed E-state index contributed by atoms with van der Waals surface area (Å²) >= 11 is 0. The predicted molar refractivity (Wildman–Crippen MR) is 72.2 cm³/mol. The molecule has 2 N–H and O–H groups in total. The molecule has 1 heterocycles. The van der Waals surface area contributed by atoms with Crippen molar-refractivity contribution in [1.29, 1.82) is 0 Å². The molecule has 4 nitrogen and oxygen atoms in total. The zero-order valence-electron chi connectivity index (χ0n) is 11.2. The highest BCUT2D eigenvalue weighted by atomic mass is 15.2. The van der Waals surface area contributed by atoms with E-state index in [2.05, 4.69) is 28.7 Å². The van der Waals surface area contributed by atoms with Crippen LogP contribution in [-0.4, -0.2) is 29.6 Å². The van der Waals surface area contributed by atoms with E-state index >= 15 is 0 Å². The van der Waals surface area contributed by atoms with E-state index in [0.29, 0.717) is 0 Å². The monoisotopic (exact) mass is 236 g/mol. The molecule has 1 rings (SSSR count). The number of nitrogens with two attached hydrogens (primary N) is 1. The second-order valence-corrected chi connectivity index (χ2v) is 4.54. The van der Waals surface area contributed by atoms with Gasteiger partial charge in [0.2, 0.25) is 5.95 Å². The molecule has 0 aliphatic rings. The molecule has 1 atom stereocenters. The summed E-state index contributed by atoms with van der Waals surface area (Å²) < 4.78 is 0. The zero-order valence-corrected chi connectivity index (χ0v) is 11.2. The Balaban J connectivity index is 2.54. The van der Waals surface area contributed by atoms with Gasteiger partial charge >= 0.3 is 0 Å². The highest BCUT2D eigenvalue weighted by Crippen LogP contribution is 2.08. The van der Waals surface area contributed by atoms with Gasteiger partial charge in [0, 0.05) is 32.0 Å². The van der Waals surface area contributed by atoms with Crippen LogP contribution in [0.15, 0.2) is 12.4 Å². The van der Waals surface area contributed by atoms with Gasteiger partial charge in [0.05, 0.1) is 0 Å². The lowest BCUT2D eigenvalue weighted by Gasteiger charge is -2.16. The first kappa shape index (κ1) is 13.9. The molecule has 1 aromatic rings. The Labute approximate surface area is 104 Å². The third-order valence-electron chi connectivity index (χ3n) is 2.90. The Hall–Kier alpha value is -1.16. The second kappa shape index (κ2) is 7.22. The van der Waals surface area contributed by atoms with Gasteiger partial charge in [-0.25, -0.2) is 9.97 Å². The van der Waals surface area contributed by atoms with Gasteiger partial charge in [-0.1, -0.05) is 20.3 Å². The Bertz CT molecular complexity index is 310. The van der Waals surface area contributed by atoms with Crippen molar-refractivity contribution < 1.29 is 0 Å². The first-order chi connectivity index (χ1) is 8.17. The molecule has 96 valence electrons. The number of aromatic nitrogens is 2. The molecule has 17 heavy (non-hydrogen) atoms. The summed E-state index contributed by atoms with van der Waals surface area (Å²) in [5.74, 6) is 0.798. The standard InChI is InChI=1S/C13H24N4/c1-4-6-7-17(3)13-15-9-11(10-16-13)8-12(14)5-2/h9-10,12H,4-8,14H2,1-3H3. The number of hydrogen-bond donors (Lipinski definition) is 1. The molecule has 0 fully saturated rings. The Morgan fingerprint density at radius 1 is 1.29 bits per heavy atom. The first-order valence-electron chi connectivity index (χ1n) is 6.45. The number of anilines is 1. The number of rotatable bonds is 7. The SMILES string of the molecule is CCCCN(C)c1ncc(CC(N)CC)cn1. The van der Waals surface area contributed by atoms with E-state index in [1.54, 1.807) is 0 Å². The summed E-state index contributed by atoms with van der Waals surface area (Å²) in [4.78, 5) is 10.8. The fraction of sp³-hybridized carbons (Fsp3) is 0.692. The molecule has 0 aliphatic carbocycles. The van der Waals surface area contributed by atoms with Crippen LogP contribution >= 0.6 is 0 Å². The van der Waals surface area contributed by atoms with E-state index in [1.807, 2.05) is 19.4 Å². The summed E-state index contributed by atoms with van der Waals surface area (Å²) in [5.41, 5.74) is 7.02. The van der Waals surface area contributed by atoms with Gasteiger partial charge in [0.15, 0.2) is 0 Å². The molecule has 4 heteroatoms. The average molecular weight is 236 g/mol. The van der Waals surface area contributed by atoms with E-state index in [4.69, 9.17) is 5.73 Å². The minimum Gasteiger partial charge on any atom is -0.344 e. The molecule has 0 aromatic carbocycles. The molecule has 0 amide bonds. The maximum Gasteiger partial charge on any atom is 0.224 e. The van der Waals surface area contributed by atoms with Gasteiger partial charge in [-0.2, -0.15) is 0 Å². The smallest absolute Gasteiger partial charge is 0.224 e. The van der Waals surface area contributed by atoms with E-state index in [9.17, 15) is 0 Å². The lowest BCUT2D eigenvalue weighted by molar-refractivity contribution is 0.643. The molecular weight excluding hydrogens is 212 g/mol. The largest absolute Gasteiger partial charge is 0.344 e. The average Bonchev–Trinajstić information content (AvgIpc) is 2.36. The summed E-state index contributed by atoms with van der Waals surface area (Å²) in [7, 11) is 2.03. The summed E-state index contributed by atoms with van der Waals surface area (Å²) in [6.07, 6.45) is 7.98. The molecule has 1 aromatic heterocycles. The molecule has 0 saturated carbocycles. The molecule has 0 saturated heterocycles. The van der Waals surface area contributed by atoms with Crippen LogP contribution in [0.1, 0.15) is 38.7 Å². The van der Waals surface area contributed by atoms with Gasteiger partial charge in [0.1, 0.15) is 0 Å².